The van der Waals surface area contributed by atoms with Crippen molar-refractivity contribution in [1.82, 2.24) is 0 Å². The van der Waals surface area contributed by atoms with Crippen LogP contribution in [0.1, 0.15) is 48.2 Å². The molecule has 2 atom stereocenters. The average molecular weight is 271 g/mol. The molecular weight excluding hydrogens is 250 g/mol. The van der Waals surface area contributed by atoms with Crippen molar-refractivity contribution in [3.05, 3.63) is 35.6 Å². The highest BCUT2D eigenvalue weighted by atomic mass is 16.3. The van der Waals surface area contributed by atoms with Gasteiger partial charge in [-0.15, -0.1) is 0 Å². The molecule has 0 saturated heterocycles. The van der Waals surface area contributed by atoms with Crippen LogP contribution in [0.2, 0.25) is 0 Å². The Morgan fingerprint density at radius 2 is 2.00 bits per heavy atom. The number of carbonyl (C=O) groups excluding carboxylic acids is 1. The van der Waals surface area contributed by atoms with Crippen LogP contribution >= 0.6 is 0 Å². The molecule has 0 aliphatic heterocycles. The normalized spacial score (nSPS) is 23.7. The Hall–Kier alpha value is -1.61. The Kier molecular flexibility index (Phi) is 3.62. The number of hydrogen-bond donors (Lipinski definition) is 1. The monoisotopic (exact) mass is 271 g/mol. The lowest BCUT2D eigenvalue weighted by Gasteiger charge is -2.18. The first kappa shape index (κ1) is 13.4. The van der Waals surface area contributed by atoms with E-state index in [1.54, 1.807) is 0 Å². The van der Waals surface area contributed by atoms with Gasteiger partial charge < -0.3 is 10.2 Å². The summed E-state index contributed by atoms with van der Waals surface area (Å²) in [5.41, 5.74) is 8.12. The summed E-state index contributed by atoms with van der Waals surface area (Å²) in [4.78, 5) is 12.6. The Balaban J connectivity index is 1.91. The number of Topliss-reactive ketones (excluding diaryl/α,β-unsaturated/α-hetero) is 1. The lowest BCUT2D eigenvalue weighted by molar-refractivity contribution is 0.0868. The van der Waals surface area contributed by atoms with Crippen molar-refractivity contribution in [3.8, 4) is 0 Å². The van der Waals surface area contributed by atoms with E-state index >= 15 is 0 Å². The number of fused-ring (bicyclic) bond motifs is 1. The molecule has 1 heterocycles. The number of furan rings is 1. The molecule has 20 heavy (non-hydrogen) atoms. The first-order chi connectivity index (χ1) is 9.65. The number of ketones is 1. The molecular formula is C17H21NO2. The summed E-state index contributed by atoms with van der Waals surface area (Å²) in [6.45, 7) is 2.04. The second-order valence-corrected chi connectivity index (χ2v) is 5.92. The van der Waals surface area contributed by atoms with Gasteiger partial charge in [0.1, 0.15) is 5.58 Å². The minimum absolute atomic E-state index is 0.0278. The summed E-state index contributed by atoms with van der Waals surface area (Å²) in [6, 6.07) is 7.80. The molecule has 2 N–H and O–H groups in total. The fourth-order valence-corrected chi connectivity index (χ4v) is 3.13. The molecule has 1 fully saturated rings. The highest BCUT2D eigenvalue weighted by Crippen LogP contribution is 2.28. The van der Waals surface area contributed by atoms with Gasteiger partial charge in [0.25, 0.3) is 0 Å². The fourth-order valence-electron chi connectivity index (χ4n) is 3.13. The van der Waals surface area contributed by atoms with Crippen LogP contribution in [-0.4, -0.2) is 11.8 Å². The minimum Gasteiger partial charge on any atom is -0.453 e. The molecule has 3 heteroatoms. The fraction of sp³-hybridized carbons (Fsp3) is 0.471. The third-order valence-corrected chi connectivity index (χ3v) is 4.32. The number of rotatable bonds is 2. The van der Waals surface area contributed by atoms with Crippen molar-refractivity contribution in [2.45, 2.75) is 45.1 Å². The molecule has 1 aromatic heterocycles. The molecule has 1 aliphatic rings. The molecule has 3 nitrogen and oxygen atoms in total. The van der Waals surface area contributed by atoms with E-state index in [1.807, 2.05) is 31.2 Å². The zero-order valence-electron chi connectivity index (χ0n) is 11.9. The molecule has 3 rings (SSSR count). The number of nitrogens with two attached hydrogens (primary N) is 1. The third kappa shape index (κ3) is 2.50. The van der Waals surface area contributed by atoms with Gasteiger partial charge in [0, 0.05) is 17.3 Å². The second-order valence-electron chi connectivity index (χ2n) is 5.92. The van der Waals surface area contributed by atoms with Crippen LogP contribution in [0.15, 0.2) is 28.7 Å². The van der Waals surface area contributed by atoms with E-state index in [4.69, 9.17) is 10.2 Å². The quantitative estimate of drug-likeness (QED) is 0.667. The topological polar surface area (TPSA) is 56.2 Å². The van der Waals surface area contributed by atoms with Crippen molar-refractivity contribution < 1.29 is 9.21 Å². The zero-order chi connectivity index (χ0) is 14.1. The van der Waals surface area contributed by atoms with E-state index in [0.717, 1.165) is 36.7 Å². The van der Waals surface area contributed by atoms with Crippen LogP contribution in [0, 0.1) is 12.8 Å². The van der Waals surface area contributed by atoms with Gasteiger partial charge in [0.15, 0.2) is 5.76 Å². The van der Waals surface area contributed by atoms with Crippen LogP contribution in [0.4, 0.5) is 0 Å². The molecule has 1 saturated carbocycles. The summed E-state index contributed by atoms with van der Waals surface area (Å²) in [6.07, 6.45) is 5.22. The van der Waals surface area contributed by atoms with Gasteiger partial charge in [-0.25, -0.2) is 0 Å². The maximum atomic E-state index is 12.6. The van der Waals surface area contributed by atoms with E-state index in [2.05, 4.69) is 0 Å². The number of carbonyl (C=O) groups is 1. The molecule has 1 aromatic carbocycles. The van der Waals surface area contributed by atoms with Crippen LogP contribution < -0.4 is 5.73 Å². The zero-order valence-corrected chi connectivity index (χ0v) is 11.9. The molecule has 0 amide bonds. The van der Waals surface area contributed by atoms with Gasteiger partial charge in [0.2, 0.25) is 5.78 Å². The smallest absolute Gasteiger partial charge is 0.202 e. The summed E-state index contributed by atoms with van der Waals surface area (Å²) < 4.78 is 5.72. The van der Waals surface area contributed by atoms with Crippen molar-refractivity contribution in [3.63, 3.8) is 0 Å². The Bertz CT molecular complexity index is 629. The van der Waals surface area contributed by atoms with Crippen molar-refractivity contribution in [1.29, 1.82) is 0 Å². The maximum Gasteiger partial charge on any atom is 0.202 e. The van der Waals surface area contributed by atoms with E-state index in [-0.39, 0.29) is 17.7 Å². The summed E-state index contributed by atoms with van der Waals surface area (Å²) in [7, 11) is 0. The third-order valence-electron chi connectivity index (χ3n) is 4.32. The van der Waals surface area contributed by atoms with Crippen molar-refractivity contribution in [2.75, 3.05) is 0 Å². The highest BCUT2D eigenvalue weighted by molar-refractivity contribution is 5.99. The largest absolute Gasteiger partial charge is 0.453 e. The first-order valence-electron chi connectivity index (χ1n) is 7.45. The maximum absolute atomic E-state index is 12.6. The van der Waals surface area contributed by atoms with Gasteiger partial charge in [-0.05, 0) is 38.0 Å². The first-order valence-corrected chi connectivity index (χ1v) is 7.45. The van der Waals surface area contributed by atoms with Gasteiger partial charge in [-0.2, -0.15) is 0 Å². The van der Waals surface area contributed by atoms with Gasteiger partial charge >= 0.3 is 0 Å². The lowest BCUT2D eigenvalue weighted by Crippen LogP contribution is -2.34. The van der Waals surface area contributed by atoms with Gasteiger partial charge in [-0.3, -0.25) is 4.79 Å². The average Bonchev–Trinajstić information content (AvgIpc) is 2.72. The Morgan fingerprint density at radius 3 is 2.85 bits per heavy atom. The second kappa shape index (κ2) is 5.41. The predicted octanol–water partition coefficient (Wildman–Crippen LogP) is 3.83. The SMILES string of the molecule is Cc1ccc2oc(C(=O)C3CCCCCC3N)cc2c1. The molecule has 1 aliphatic carbocycles. The van der Waals surface area contributed by atoms with E-state index in [1.165, 1.54) is 12.0 Å². The van der Waals surface area contributed by atoms with E-state index in [9.17, 15) is 4.79 Å². The summed E-state index contributed by atoms with van der Waals surface area (Å²) >= 11 is 0. The number of aryl methyl sites for hydroxylation is 1. The summed E-state index contributed by atoms with van der Waals surface area (Å²) in [5, 5.41) is 0.996. The van der Waals surface area contributed by atoms with Crippen molar-refractivity contribution in [2.24, 2.45) is 11.7 Å². The van der Waals surface area contributed by atoms with Gasteiger partial charge in [-0.1, -0.05) is 30.9 Å². The van der Waals surface area contributed by atoms with Crippen molar-refractivity contribution >= 4 is 16.8 Å². The predicted molar refractivity (Wildman–Crippen MR) is 79.8 cm³/mol. The Morgan fingerprint density at radius 1 is 1.20 bits per heavy atom. The standard InChI is InChI=1S/C17H21NO2/c1-11-7-8-15-12(9-11)10-16(20-15)17(19)13-5-3-2-4-6-14(13)18/h7-10,13-14H,2-6,18H2,1H3. The molecule has 0 radical (unpaired) electrons. The van der Waals surface area contributed by atoms with Crippen LogP contribution in [-0.2, 0) is 0 Å². The number of benzene rings is 1. The van der Waals surface area contributed by atoms with Crippen LogP contribution in [0.25, 0.3) is 11.0 Å². The van der Waals surface area contributed by atoms with Crippen LogP contribution in [0.3, 0.4) is 0 Å². The molecule has 2 unspecified atom stereocenters. The Labute approximate surface area is 119 Å². The van der Waals surface area contributed by atoms with E-state index in [0.29, 0.717) is 5.76 Å². The van der Waals surface area contributed by atoms with Crippen LogP contribution in [0.5, 0.6) is 0 Å². The minimum atomic E-state index is -0.0841. The molecule has 2 aromatic rings. The van der Waals surface area contributed by atoms with E-state index < -0.39 is 0 Å². The van der Waals surface area contributed by atoms with Gasteiger partial charge in [0.05, 0.1) is 0 Å². The molecule has 106 valence electrons. The highest BCUT2D eigenvalue weighted by Gasteiger charge is 2.29. The lowest BCUT2D eigenvalue weighted by atomic mass is 9.90. The summed E-state index contributed by atoms with van der Waals surface area (Å²) in [5.74, 6) is 0.459. The number of hydrogen-bond acceptors (Lipinski definition) is 3. The molecule has 0 spiro atoms. The molecule has 0 bridgehead atoms.